The van der Waals surface area contributed by atoms with Gasteiger partial charge < -0.3 is 4.57 Å². The van der Waals surface area contributed by atoms with Crippen molar-refractivity contribution in [3.63, 3.8) is 0 Å². The van der Waals surface area contributed by atoms with Crippen LogP contribution in [0.25, 0.3) is 0 Å². The van der Waals surface area contributed by atoms with Crippen LogP contribution in [0.1, 0.15) is 11.4 Å². The third-order valence-electron chi connectivity index (χ3n) is 2.16. The highest BCUT2D eigenvalue weighted by atomic mass is 79.9. The van der Waals surface area contributed by atoms with Crippen LogP contribution in [-0.4, -0.2) is 9.55 Å². The maximum atomic E-state index is 13.5. The van der Waals surface area contributed by atoms with Gasteiger partial charge in [0.25, 0.3) is 0 Å². The molecule has 80 valence electrons. The Morgan fingerprint density at radius 2 is 2.31 bits per heavy atom. The number of hydrogen-bond donors (Lipinski definition) is 0. The van der Waals surface area contributed by atoms with Gasteiger partial charge in [0.15, 0.2) is 0 Å². The molecule has 0 amide bonds. The van der Waals surface area contributed by atoms with Crippen LogP contribution in [0.5, 0.6) is 0 Å². The maximum Gasteiger partial charge on any atom is 0.213 e. The Labute approximate surface area is 100 Å². The van der Waals surface area contributed by atoms with E-state index in [4.69, 9.17) is 5.26 Å². The minimum atomic E-state index is -0.291. The summed E-state index contributed by atoms with van der Waals surface area (Å²) in [6.07, 6.45) is 3.17. The Morgan fingerprint density at radius 3 is 3.06 bits per heavy atom. The van der Waals surface area contributed by atoms with Crippen LogP contribution in [0, 0.1) is 17.1 Å². The van der Waals surface area contributed by atoms with Crippen molar-refractivity contribution in [3.8, 4) is 6.07 Å². The Bertz CT molecular complexity index is 557. The van der Waals surface area contributed by atoms with E-state index in [9.17, 15) is 4.39 Å². The van der Waals surface area contributed by atoms with E-state index in [-0.39, 0.29) is 11.6 Å². The van der Waals surface area contributed by atoms with Crippen LogP contribution < -0.4 is 0 Å². The highest BCUT2D eigenvalue weighted by Crippen LogP contribution is 2.17. The van der Waals surface area contributed by atoms with Crippen molar-refractivity contribution in [2.75, 3.05) is 0 Å². The zero-order valence-electron chi connectivity index (χ0n) is 8.19. The van der Waals surface area contributed by atoms with Crippen LogP contribution in [-0.2, 0) is 6.54 Å². The van der Waals surface area contributed by atoms with Gasteiger partial charge in [0, 0.05) is 22.4 Å². The van der Waals surface area contributed by atoms with Crippen molar-refractivity contribution in [2.24, 2.45) is 0 Å². The van der Waals surface area contributed by atoms with E-state index in [1.54, 1.807) is 22.9 Å². The smallest absolute Gasteiger partial charge is 0.213 e. The van der Waals surface area contributed by atoms with Crippen molar-refractivity contribution in [2.45, 2.75) is 6.54 Å². The highest BCUT2D eigenvalue weighted by molar-refractivity contribution is 9.10. The van der Waals surface area contributed by atoms with Gasteiger partial charge in [-0.25, -0.2) is 9.37 Å². The van der Waals surface area contributed by atoms with Crippen molar-refractivity contribution >= 4 is 15.9 Å². The van der Waals surface area contributed by atoms with E-state index in [1.807, 2.05) is 6.07 Å². The number of nitrogens with zero attached hydrogens (tertiary/aromatic N) is 3. The first-order chi connectivity index (χ1) is 7.70. The molecule has 0 spiro atoms. The molecule has 0 unspecified atom stereocenters. The summed E-state index contributed by atoms with van der Waals surface area (Å²) in [5.74, 6) is -0.0137. The number of halogens is 2. The topological polar surface area (TPSA) is 41.6 Å². The lowest BCUT2D eigenvalue weighted by Crippen LogP contribution is -2.03. The van der Waals surface area contributed by atoms with Crippen molar-refractivity contribution in [1.29, 1.82) is 5.26 Å². The Hall–Kier alpha value is -1.67. The molecule has 2 rings (SSSR count). The molecule has 1 aromatic heterocycles. The number of nitriles is 1. The summed E-state index contributed by atoms with van der Waals surface area (Å²) in [6.45, 7) is 0.300. The van der Waals surface area contributed by atoms with E-state index in [0.29, 0.717) is 12.1 Å². The summed E-state index contributed by atoms with van der Waals surface area (Å²) in [7, 11) is 0. The molecule has 0 radical (unpaired) electrons. The third-order valence-corrected chi connectivity index (χ3v) is 2.66. The van der Waals surface area contributed by atoms with Gasteiger partial charge in [0.05, 0.1) is 6.54 Å². The highest BCUT2D eigenvalue weighted by Gasteiger charge is 2.06. The monoisotopic (exact) mass is 279 g/mol. The summed E-state index contributed by atoms with van der Waals surface area (Å²) in [5, 5.41) is 8.77. The summed E-state index contributed by atoms with van der Waals surface area (Å²) in [4.78, 5) is 3.85. The number of benzene rings is 1. The van der Waals surface area contributed by atoms with Gasteiger partial charge in [-0.2, -0.15) is 5.26 Å². The van der Waals surface area contributed by atoms with E-state index < -0.39 is 0 Å². The summed E-state index contributed by atoms with van der Waals surface area (Å²) < 4.78 is 15.9. The van der Waals surface area contributed by atoms with Gasteiger partial charge >= 0.3 is 0 Å². The van der Waals surface area contributed by atoms with Crippen LogP contribution >= 0.6 is 15.9 Å². The molecule has 0 aliphatic rings. The second-order valence-electron chi connectivity index (χ2n) is 3.23. The Balaban J connectivity index is 2.34. The van der Waals surface area contributed by atoms with Gasteiger partial charge in [-0.3, -0.25) is 0 Å². The summed E-state index contributed by atoms with van der Waals surface area (Å²) in [6, 6.07) is 6.67. The van der Waals surface area contributed by atoms with E-state index in [0.717, 1.165) is 4.47 Å². The lowest BCUT2D eigenvalue weighted by atomic mass is 10.2. The second-order valence-corrected chi connectivity index (χ2v) is 4.14. The molecule has 0 atom stereocenters. The first kappa shape index (κ1) is 10.8. The molecule has 5 heteroatoms. The maximum absolute atomic E-state index is 13.5. The predicted octanol–water partition coefficient (Wildman–Crippen LogP) is 2.70. The van der Waals surface area contributed by atoms with Gasteiger partial charge in [-0.05, 0) is 18.2 Å². The standard InChI is InChI=1S/C11H7BrFN3/c12-9-1-2-10(13)8(5-9)7-16-4-3-15-11(16)6-14/h1-5H,7H2. The van der Waals surface area contributed by atoms with Crippen LogP contribution in [0.2, 0.25) is 0 Å². The zero-order valence-corrected chi connectivity index (χ0v) is 9.78. The molecule has 1 aromatic carbocycles. The molecule has 0 bridgehead atoms. The van der Waals surface area contributed by atoms with Crippen molar-refractivity contribution in [1.82, 2.24) is 9.55 Å². The van der Waals surface area contributed by atoms with Gasteiger partial charge in [0.1, 0.15) is 11.9 Å². The molecule has 0 aliphatic carbocycles. The van der Waals surface area contributed by atoms with Gasteiger partial charge in [0.2, 0.25) is 5.82 Å². The largest absolute Gasteiger partial charge is 0.318 e. The summed E-state index contributed by atoms with van der Waals surface area (Å²) in [5.41, 5.74) is 0.517. The minimum Gasteiger partial charge on any atom is -0.318 e. The molecule has 2 aromatic rings. The first-order valence-corrected chi connectivity index (χ1v) is 5.35. The number of rotatable bonds is 2. The van der Waals surface area contributed by atoms with Crippen molar-refractivity contribution in [3.05, 3.63) is 52.3 Å². The molecule has 0 fully saturated rings. The quantitative estimate of drug-likeness (QED) is 0.848. The molecule has 16 heavy (non-hydrogen) atoms. The first-order valence-electron chi connectivity index (χ1n) is 4.56. The van der Waals surface area contributed by atoms with Gasteiger partial charge in [-0.1, -0.05) is 15.9 Å². The predicted molar refractivity (Wildman–Crippen MR) is 60.1 cm³/mol. The minimum absolute atomic E-state index is 0.277. The third kappa shape index (κ3) is 2.12. The molecular formula is C11H7BrFN3. The SMILES string of the molecule is N#Cc1nccn1Cc1cc(Br)ccc1F. The van der Waals surface area contributed by atoms with Crippen LogP contribution in [0.15, 0.2) is 35.1 Å². The summed E-state index contributed by atoms with van der Waals surface area (Å²) >= 11 is 3.28. The molecule has 0 aliphatic heterocycles. The van der Waals surface area contributed by atoms with Crippen LogP contribution in [0.4, 0.5) is 4.39 Å². The fraction of sp³-hybridized carbons (Fsp3) is 0.0909. The average Bonchev–Trinajstić information content (AvgIpc) is 2.71. The lowest BCUT2D eigenvalue weighted by molar-refractivity contribution is 0.598. The average molecular weight is 280 g/mol. The molecule has 0 saturated heterocycles. The molecule has 3 nitrogen and oxygen atoms in total. The number of hydrogen-bond acceptors (Lipinski definition) is 2. The number of imidazole rings is 1. The Morgan fingerprint density at radius 1 is 1.50 bits per heavy atom. The lowest BCUT2D eigenvalue weighted by Gasteiger charge is -2.05. The molecule has 1 heterocycles. The van der Waals surface area contributed by atoms with Gasteiger partial charge in [-0.15, -0.1) is 0 Å². The van der Waals surface area contributed by atoms with E-state index >= 15 is 0 Å². The van der Waals surface area contributed by atoms with Crippen molar-refractivity contribution < 1.29 is 4.39 Å². The normalized spacial score (nSPS) is 10.1. The fourth-order valence-corrected chi connectivity index (χ4v) is 1.81. The Kier molecular flexibility index (Phi) is 3.02. The van der Waals surface area contributed by atoms with E-state index in [2.05, 4.69) is 20.9 Å². The fourth-order valence-electron chi connectivity index (χ4n) is 1.40. The number of aromatic nitrogens is 2. The second kappa shape index (κ2) is 4.45. The molecule has 0 N–H and O–H groups in total. The molecule has 0 saturated carbocycles. The van der Waals surface area contributed by atoms with E-state index in [1.165, 1.54) is 12.3 Å². The zero-order chi connectivity index (χ0) is 11.5. The molecular weight excluding hydrogens is 273 g/mol. The van der Waals surface area contributed by atoms with Crippen LogP contribution in [0.3, 0.4) is 0 Å².